The summed E-state index contributed by atoms with van der Waals surface area (Å²) in [7, 11) is -3.75. The highest BCUT2D eigenvalue weighted by molar-refractivity contribution is 7.53. The van der Waals surface area contributed by atoms with E-state index in [-0.39, 0.29) is 44.8 Å². The highest BCUT2D eigenvalue weighted by Gasteiger charge is 2.55. The van der Waals surface area contributed by atoms with Crippen LogP contribution in [-0.2, 0) is 59.0 Å². The number of benzene rings is 4. The first kappa shape index (κ1) is 38.1. The van der Waals surface area contributed by atoms with E-state index in [0.717, 1.165) is 22.3 Å². The van der Waals surface area contributed by atoms with Gasteiger partial charge in [0.2, 0.25) is 0 Å². The summed E-state index contributed by atoms with van der Waals surface area (Å²) in [6.45, 7) is 8.27. The van der Waals surface area contributed by atoms with Gasteiger partial charge in [-0.3, -0.25) is 4.57 Å². The van der Waals surface area contributed by atoms with Crippen molar-refractivity contribution < 1.29 is 37.7 Å². The molecule has 50 heavy (non-hydrogen) atoms. The average molecular weight is 703 g/mol. The molecule has 9 heteroatoms. The van der Waals surface area contributed by atoms with Crippen LogP contribution in [0.15, 0.2) is 121 Å². The van der Waals surface area contributed by atoms with Crippen molar-refractivity contribution in [2.75, 3.05) is 6.16 Å². The Morgan fingerprint density at radius 1 is 0.500 bits per heavy atom. The van der Waals surface area contributed by atoms with Crippen LogP contribution in [0.5, 0.6) is 0 Å². The molecular weight excluding hydrogens is 651 g/mol. The Kier molecular flexibility index (Phi) is 14.4. The molecule has 268 valence electrons. The number of rotatable bonds is 18. The zero-order valence-corrected chi connectivity index (χ0v) is 30.3. The molecule has 0 spiro atoms. The highest BCUT2D eigenvalue weighted by atomic mass is 31.2. The van der Waals surface area contributed by atoms with Gasteiger partial charge in [0.1, 0.15) is 18.3 Å². The summed E-state index contributed by atoms with van der Waals surface area (Å²) < 4.78 is 53.4. The van der Waals surface area contributed by atoms with Gasteiger partial charge in [0, 0.05) is 5.92 Å². The van der Waals surface area contributed by atoms with E-state index in [4.69, 9.17) is 28.0 Å². The molecule has 1 aliphatic carbocycles. The number of aliphatic hydroxyl groups excluding tert-OH is 1. The first-order valence-corrected chi connectivity index (χ1v) is 19.2. The minimum Gasteiger partial charge on any atom is -0.390 e. The maximum atomic E-state index is 14.5. The van der Waals surface area contributed by atoms with Crippen LogP contribution in [0.4, 0.5) is 0 Å². The number of hydrogen-bond donors (Lipinski definition) is 1. The van der Waals surface area contributed by atoms with Gasteiger partial charge in [-0.05, 0) is 49.9 Å². The summed E-state index contributed by atoms with van der Waals surface area (Å²) >= 11 is 0. The van der Waals surface area contributed by atoms with E-state index in [1.165, 1.54) is 0 Å². The second-order valence-corrected chi connectivity index (χ2v) is 15.3. The summed E-state index contributed by atoms with van der Waals surface area (Å²) in [5.74, 6) is -0.764. The number of ether oxygens (including phenoxy) is 4. The normalized spacial score (nSPS) is 22.6. The first-order chi connectivity index (χ1) is 24.2. The van der Waals surface area contributed by atoms with Crippen LogP contribution in [0.25, 0.3) is 0 Å². The quantitative estimate of drug-likeness (QED) is 0.104. The van der Waals surface area contributed by atoms with E-state index in [1.54, 1.807) is 0 Å². The van der Waals surface area contributed by atoms with Crippen molar-refractivity contribution in [1.82, 2.24) is 0 Å². The molecule has 0 aromatic heterocycles. The molecule has 4 aromatic carbocycles. The second kappa shape index (κ2) is 18.9. The third-order valence-electron chi connectivity index (χ3n) is 8.49. The first-order valence-electron chi connectivity index (χ1n) is 17.5. The van der Waals surface area contributed by atoms with Gasteiger partial charge in [-0.25, -0.2) is 0 Å². The van der Waals surface area contributed by atoms with E-state index < -0.39 is 44.0 Å². The lowest BCUT2D eigenvalue weighted by Gasteiger charge is -2.49. The molecule has 1 aliphatic rings. The Morgan fingerprint density at radius 3 is 1.14 bits per heavy atom. The monoisotopic (exact) mass is 702 g/mol. The molecule has 1 N–H and O–H groups in total. The van der Waals surface area contributed by atoms with Gasteiger partial charge in [0.25, 0.3) is 0 Å². The molecule has 0 aliphatic heterocycles. The van der Waals surface area contributed by atoms with Crippen molar-refractivity contribution >= 4 is 7.60 Å². The third-order valence-corrected chi connectivity index (χ3v) is 10.8. The molecule has 0 amide bonds. The minimum atomic E-state index is -3.75. The zero-order chi connectivity index (χ0) is 35.3. The SMILES string of the molecule is CC(C)OP(=O)(C[C@@H]1[C@@H](O)[C@H](OCc2ccccc2)[C@@H](OCc2ccccc2)[C@H](OCc2ccccc2)[C@H]1OCc1ccccc1)OC(C)C. The fraction of sp³-hybridized carbons (Fsp3) is 0.415. The largest absolute Gasteiger partial charge is 0.390 e. The summed E-state index contributed by atoms with van der Waals surface area (Å²) in [6.07, 6.45) is -5.15. The van der Waals surface area contributed by atoms with E-state index >= 15 is 0 Å². The molecule has 0 radical (unpaired) electrons. The van der Waals surface area contributed by atoms with Crippen LogP contribution in [0, 0.1) is 5.92 Å². The molecule has 0 bridgehead atoms. The van der Waals surface area contributed by atoms with Crippen LogP contribution in [0.3, 0.4) is 0 Å². The minimum absolute atomic E-state index is 0.105. The Hall–Kier alpha value is -3.17. The van der Waals surface area contributed by atoms with Crippen LogP contribution >= 0.6 is 7.60 Å². The molecular formula is C41H51O8P. The van der Waals surface area contributed by atoms with Crippen LogP contribution in [0.1, 0.15) is 49.9 Å². The van der Waals surface area contributed by atoms with Crippen molar-refractivity contribution in [2.45, 2.75) is 96.9 Å². The molecule has 1 fully saturated rings. The van der Waals surface area contributed by atoms with Crippen molar-refractivity contribution in [3.8, 4) is 0 Å². The fourth-order valence-electron chi connectivity index (χ4n) is 6.33. The molecule has 0 unspecified atom stereocenters. The van der Waals surface area contributed by atoms with Gasteiger partial charge in [0.15, 0.2) is 0 Å². The topological polar surface area (TPSA) is 92.7 Å². The van der Waals surface area contributed by atoms with Gasteiger partial charge in [-0.1, -0.05) is 121 Å². The molecule has 6 atom stereocenters. The van der Waals surface area contributed by atoms with Crippen LogP contribution in [-0.4, -0.2) is 54.0 Å². The van der Waals surface area contributed by atoms with E-state index in [9.17, 15) is 9.67 Å². The zero-order valence-electron chi connectivity index (χ0n) is 29.5. The smallest absolute Gasteiger partial charge is 0.331 e. The van der Waals surface area contributed by atoms with Gasteiger partial charge < -0.3 is 33.1 Å². The lowest BCUT2D eigenvalue weighted by molar-refractivity contribution is -0.258. The molecule has 0 heterocycles. The van der Waals surface area contributed by atoms with Crippen LogP contribution < -0.4 is 0 Å². The second-order valence-electron chi connectivity index (χ2n) is 13.3. The lowest BCUT2D eigenvalue weighted by atomic mass is 9.78. The van der Waals surface area contributed by atoms with Crippen LogP contribution in [0.2, 0.25) is 0 Å². The van der Waals surface area contributed by atoms with Gasteiger partial charge in [-0.2, -0.15) is 0 Å². The highest BCUT2D eigenvalue weighted by Crippen LogP contribution is 2.54. The Labute approximate surface area is 297 Å². The lowest BCUT2D eigenvalue weighted by Crippen LogP contribution is -2.64. The molecule has 1 saturated carbocycles. The maximum absolute atomic E-state index is 14.5. The van der Waals surface area contributed by atoms with E-state index in [1.807, 2.05) is 149 Å². The predicted octanol–water partition coefficient (Wildman–Crippen LogP) is 8.36. The molecule has 5 rings (SSSR count). The Bertz CT molecular complexity index is 1560. The van der Waals surface area contributed by atoms with Gasteiger partial charge >= 0.3 is 7.60 Å². The number of hydrogen-bond acceptors (Lipinski definition) is 8. The molecule has 0 saturated heterocycles. The summed E-state index contributed by atoms with van der Waals surface area (Å²) in [4.78, 5) is 0. The third kappa shape index (κ3) is 11.2. The van der Waals surface area contributed by atoms with Crippen molar-refractivity contribution in [3.63, 3.8) is 0 Å². The summed E-state index contributed by atoms with van der Waals surface area (Å²) in [6, 6.07) is 39.4. The molecule has 8 nitrogen and oxygen atoms in total. The molecule has 4 aromatic rings. The maximum Gasteiger partial charge on any atom is 0.331 e. The Balaban J connectivity index is 1.57. The van der Waals surface area contributed by atoms with Crippen molar-refractivity contribution in [1.29, 1.82) is 0 Å². The standard InChI is InChI=1S/C41H51O8P/c1-30(2)48-50(43,49-31(3)4)29-36-37(42)39(45-26-33-19-11-6-12-20-33)41(47-28-35-23-15-8-16-24-35)40(46-27-34-21-13-7-14-22-34)38(36)44-25-32-17-9-5-10-18-32/h5-24,30-31,36-42H,25-29H2,1-4H3/t36-,37-,38+,39+,40-,41-/m1/s1. The fourth-order valence-corrected chi connectivity index (χ4v) is 8.78. The van der Waals surface area contributed by atoms with E-state index in [0.29, 0.717) is 0 Å². The summed E-state index contributed by atoms with van der Waals surface area (Å²) in [5, 5.41) is 12.4. The van der Waals surface area contributed by atoms with Gasteiger partial charge in [0.05, 0.1) is 57.0 Å². The van der Waals surface area contributed by atoms with Crippen molar-refractivity contribution in [3.05, 3.63) is 144 Å². The Morgan fingerprint density at radius 2 is 0.800 bits per heavy atom. The summed E-state index contributed by atoms with van der Waals surface area (Å²) in [5.41, 5.74) is 3.83. The number of aliphatic hydroxyl groups is 1. The van der Waals surface area contributed by atoms with E-state index in [2.05, 4.69) is 0 Å². The predicted molar refractivity (Wildman–Crippen MR) is 194 cm³/mol. The average Bonchev–Trinajstić information content (AvgIpc) is 3.11. The van der Waals surface area contributed by atoms with Gasteiger partial charge in [-0.15, -0.1) is 0 Å². The van der Waals surface area contributed by atoms with Crippen molar-refractivity contribution in [2.24, 2.45) is 5.92 Å².